The van der Waals surface area contributed by atoms with E-state index < -0.39 is 0 Å². The zero-order valence-electron chi connectivity index (χ0n) is 16.1. The number of nitrogens with one attached hydrogen (secondary N) is 1. The predicted molar refractivity (Wildman–Crippen MR) is 120 cm³/mol. The Labute approximate surface area is 181 Å². The summed E-state index contributed by atoms with van der Waals surface area (Å²) in [5, 5.41) is 15.3. The Morgan fingerprint density at radius 1 is 1.00 bits per heavy atom. The third kappa shape index (κ3) is 4.48. The maximum Gasteiger partial charge on any atom is 0.126 e. The fourth-order valence-electron chi connectivity index (χ4n) is 3.67. The molecule has 0 amide bonds. The van der Waals surface area contributed by atoms with Gasteiger partial charge in [0, 0.05) is 33.8 Å². The minimum absolute atomic E-state index is 0.129. The first kappa shape index (κ1) is 20.0. The number of aryl methyl sites for hydroxylation is 1. The molecule has 29 heavy (non-hydrogen) atoms. The SMILES string of the molecule is CCc1ccc(C2=NC(c3cccc(Cl)c3)NC(c3cc(Cl)ccc3O)C2)cc1. The van der Waals surface area contributed by atoms with Crippen LogP contribution in [0.4, 0.5) is 0 Å². The van der Waals surface area contributed by atoms with E-state index in [0.717, 1.165) is 28.8 Å². The van der Waals surface area contributed by atoms with Gasteiger partial charge in [0.1, 0.15) is 11.9 Å². The van der Waals surface area contributed by atoms with Gasteiger partial charge in [0.2, 0.25) is 0 Å². The van der Waals surface area contributed by atoms with Crippen molar-refractivity contribution in [1.29, 1.82) is 0 Å². The largest absolute Gasteiger partial charge is 0.508 e. The smallest absolute Gasteiger partial charge is 0.126 e. The number of nitrogens with zero attached hydrogens (tertiary/aromatic N) is 1. The topological polar surface area (TPSA) is 44.6 Å². The summed E-state index contributed by atoms with van der Waals surface area (Å²) in [6, 6.07) is 21.2. The Morgan fingerprint density at radius 2 is 1.76 bits per heavy atom. The highest BCUT2D eigenvalue weighted by Crippen LogP contribution is 2.36. The predicted octanol–water partition coefficient (Wildman–Crippen LogP) is 6.48. The monoisotopic (exact) mass is 424 g/mol. The van der Waals surface area contributed by atoms with Crippen LogP contribution in [0, 0.1) is 0 Å². The minimum atomic E-state index is -0.272. The van der Waals surface area contributed by atoms with Crippen LogP contribution in [0.2, 0.25) is 10.0 Å². The van der Waals surface area contributed by atoms with E-state index in [0.29, 0.717) is 16.5 Å². The molecule has 0 aromatic heterocycles. The van der Waals surface area contributed by atoms with Gasteiger partial charge in [0.25, 0.3) is 0 Å². The van der Waals surface area contributed by atoms with E-state index in [1.807, 2.05) is 30.3 Å². The zero-order valence-corrected chi connectivity index (χ0v) is 17.6. The molecule has 3 nitrogen and oxygen atoms in total. The standard InChI is InChI=1S/C24H22Cl2N2O/c1-2-15-6-8-16(9-7-15)21-14-22(20-13-19(26)10-11-23(20)29)28-24(27-21)17-4-3-5-18(25)12-17/h3-13,22,24,28-29H,2,14H2,1H3. The van der Waals surface area contributed by atoms with Gasteiger partial charge in [-0.15, -0.1) is 0 Å². The lowest BCUT2D eigenvalue weighted by molar-refractivity contribution is 0.413. The first-order chi connectivity index (χ1) is 14.0. The molecule has 0 radical (unpaired) electrons. The molecule has 2 N–H and O–H groups in total. The van der Waals surface area contributed by atoms with Gasteiger partial charge in [-0.25, -0.2) is 0 Å². The molecule has 2 atom stereocenters. The molecule has 1 aliphatic heterocycles. The number of phenols is 1. The van der Waals surface area contributed by atoms with Gasteiger partial charge in [-0.05, 0) is 53.4 Å². The second kappa shape index (κ2) is 8.58. The summed E-state index contributed by atoms with van der Waals surface area (Å²) in [7, 11) is 0. The number of aromatic hydroxyl groups is 1. The quantitative estimate of drug-likeness (QED) is 0.502. The first-order valence-corrected chi connectivity index (χ1v) is 10.4. The molecule has 0 saturated carbocycles. The van der Waals surface area contributed by atoms with Crippen molar-refractivity contribution < 1.29 is 5.11 Å². The van der Waals surface area contributed by atoms with E-state index in [9.17, 15) is 5.11 Å². The van der Waals surface area contributed by atoms with E-state index in [-0.39, 0.29) is 18.0 Å². The van der Waals surface area contributed by atoms with Crippen molar-refractivity contribution in [3.63, 3.8) is 0 Å². The van der Waals surface area contributed by atoms with Gasteiger partial charge < -0.3 is 5.11 Å². The normalized spacial score (nSPS) is 19.1. The minimum Gasteiger partial charge on any atom is -0.508 e. The molecular weight excluding hydrogens is 403 g/mol. The average Bonchev–Trinajstić information content (AvgIpc) is 2.75. The van der Waals surface area contributed by atoms with Crippen molar-refractivity contribution in [2.75, 3.05) is 0 Å². The Kier molecular flexibility index (Phi) is 5.91. The van der Waals surface area contributed by atoms with Crippen molar-refractivity contribution >= 4 is 28.9 Å². The molecule has 3 aromatic carbocycles. The Bertz CT molecular complexity index is 1050. The van der Waals surface area contributed by atoms with E-state index in [1.54, 1.807) is 12.1 Å². The van der Waals surface area contributed by atoms with Crippen LogP contribution in [0.3, 0.4) is 0 Å². The fraction of sp³-hybridized carbons (Fsp3) is 0.208. The highest BCUT2D eigenvalue weighted by molar-refractivity contribution is 6.31. The number of rotatable bonds is 4. The summed E-state index contributed by atoms with van der Waals surface area (Å²) in [5.74, 6) is 0.222. The maximum atomic E-state index is 10.5. The molecule has 0 fully saturated rings. The van der Waals surface area contributed by atoms with Gasteiger partial charge in [-0.2, -0.15) is 0 Å². The third-order valence-electron chi connectivity index (χ3n) is 5.27. The van der Waals surface area contributed by atoms with E-state index in [1.165, 1.54) is 5.56 Å². The van der Waals surface area contributed by atoms with Crippen molar-refractivity contribution in [1.82, 2.24) is 5.32 Å². The van der Waals surface area contributed by atoms with E-state index in [2.05, 4.69) is 36.5 Å². The van der Waals surface area contributed by atoms with Crippen molar-refractivity contribution in [2.24, 2.45) is 4.99 Å². The summed E-state index contributed by atoms with van der Waals surface area (Å²) in [4.78, 5) is 4.98. The molecule has 4 rings (SSSR count). The van der Waals surface area contributed by atoms with Gasteiger partial charge in [-0.1, -0.05) is 66.5 Å². The summed E-state index contributed by atoms with van der Waals surface area (Å²) in [5.41, 5.74) is 5.11. The molecular formula is C24H22Cl2N2O. The number of hydrogen-bond donors (Lipinski definition) is 2. The first-order valence-electron chi connectivity index (χ1n) is 9.69. The van der Waals surface area contributed by atoms with Gasteiger partial charge >= 0.3 is 0 Å². The summed E-state index contributed by atoms with van der Waals surface area (Å²) < 4.78 is 0. The molecule has 148 valence electrons. The number of halogens is 2. The lowest BCUT2D eigenvalue weighted by Crippen LogP contribution is -2.33. The number of benzene rings is 3. The van der Waals surface area contributed by atoms with E-state index >= 15 is 0 Å². The Morgan fingerprint density at radius 3 is 2.48 bits per heavy atom. The second-order valence-electron chi connectivity index (χ2n) is 7.21. The van der Waals surface area contributed by atoms with Gasteiger partial charge in [0.05, 0.1) is 0 Å². The molecule has 0 aliphatic carbocycles. The molecule has 3 aromatic rings. The summed E-state index contributed by atoms with van der Waals surface area (Å²) in [6.07, 6.45) is 1.38. The Balaban J connectivity index is 1.76. The maximum absolute atomic E-state index is 10.5. The molecule has 1 aliphatic rings. The van der Waals surface area contributed by atoms with Crippen LogP contribution in [0.1, 0.15) is 47.8 Å². The van der Waals surface area contributed by atoms with Crippen LogP contribution in [-0.2, 0) is 6.42 Å². The third-order valence-corrected chi connectivity index (χ3v) is 5.74. The highest BCUT2D eigenvalue weighted by Gasteiger charge is 2.28. The molecule has 2 unspecified atom stereocenters. The van der Waals surface area contributed by atoms with Crippen LogP contribution >= 0.6 is 23.2 Å². The summed E-state index contributed by atoms with van der Waals surface area (Å²) in [6.45, 7) is 2.14. The number of hydrogen-bond acceptors (Lipinski definition) is 3. The van der Waals surface area contributed by atoms with Crippen molar-refractivity contribution in [2.45, 2.75) is 32.0 Å². The van der Waals surface area contributed by atoms with Crippen LogP contribution in [0.25, 0.3) is 0 Å². The molecule has 5 heteroatoms. The fourth-order valence-corrected chi connectivity index (χ4v) is 4.04. The lowest BCUT2D eigenvalue weighted by atomic mass is 9.93. The highest BCUT2D eigenvalue weighted by atomic mass is 35.5. The van der Waals surface area contributed by atoms with Gasteiger partial charge in [-0.3, -0.25) is 10.3 Å². The lowest BCUT2D eigenvalue weighted by Gasteiger charge is -2.31. The molecule has 0 saturated heterocycles. The van der Waals surface area contributed by atoms with Crippen molar-refractivity contribution in [3.8, 4) is 5.75 Å². The van der Waals surface area contributed by atoms with Crippen molar-refractivity contribution in [3.05, 3.63) is 99.0 Å². The van der Waals surface area contributed by atoms with Crippen LogP contribution in [0.15, 0.2) is 71.7 Å². The van der Waals surface area contributed by atoms with Crippen LogP contribution < -0.4 is 5.32 Å². The molecule has 0 bridgehead atoms. The van der Waals surface area contributed by atoms with Crippen LogP contribution in [0.5, 0.6) is 5.75 Å². The number of aliphatic imine (C=N–C) groups is 1. The average molecular weight is 425 g/mol. The second-order valence-corrected chi connectivity index (χ2v) is 8.08. The molecule has 0 spiro atoms. The zero-order chi connectivity index (χ0) is 20.4. The Hall–Kier alpha value is -2.33. The van der Waals surface area contributed by atoms with E-state index in [4.69, 9.17) is 28.2 Å². The number of phenolic OH excluding ortho intramolecular Hbond substituents is 1. The summed E-state index contributed by atoms with van der Waals surface area (Å²) >= 11 is 12.4. The van der Waals surface area contributed by atoms with Gasteiger partial charge in [0.15, 0.2) is 0 Å². The van der Waals surface area contributed by atoms with Crippen LogP contribution in [-0.4, -0.2) is 10.8 Å². The molecule has 1 heterocycles.